The van der Waals surface area contributed by atoms with Crippen molar-refractivity contribution in [2.24, 2.45) is 11.7 Å². The van der Waals surface area contributed by atoms with E-state index >= 15 is 0 Å². The largest absolute Gasteiger partial charge is 0.487 e. The van der Waals surface area contributed by atoms with Gasteiger partial charge in [0.2, 0.25) is 0 Å². The molecule has 2 aliphatic rings. The van der Waals surface area contributed by atoms with Crippen LogP contribution < -0.4 is 10.5 Å². The Morgan fingerprint density at radius 2 is 2.33 bits per heavy atom. The Morgan fingerprint density at radius 1 is 1.50 bits per heavy atom. The summed E-state index contributed by atoms with van der Waals surface area (Å²) in [5, 5.41) is 0.738. The first-order valence-electron chi connectivity index (χ1n) is 6.88. The van der Waals surface area contributed by atoms with E-state index in [0.29, 0.717) is 5.92 Å². The molecule has 1 spiro atoms. The zero-order valence-electron chi connectivity index (χ0n) is 10.8. The van der Waals surface area contributed by atoms with Crippen molar-refractivity contribution >= 4 is 11.6 Å². The Labute approximate surface area is 113 Å². The molecule has 2 nitrogen and oxygen atoms in total. The molecule has 1 aliphatic heterocycles. The summed E-state index contributed by atoms with van der Waals surface area (Å²) in [6, 6.07) is 5.87. The zero-order valence-corrected chi connectivity index (χ0v) is 11.5. The third-order valence-corrected chi connectivity index (χ3v) is 4.87. The highest BCUT2D eigenvalue weighted by Gasteiger charge is 2.48. The predicted molar refractivity (Wildman–Crippen MR) is 74.0 cm³/mol. The van der Waals surface area contributed by atoms with Crippen molar-refractivity contribution in [3.63, 3.8) is 0 Å². The van der Waals surface area contributed by atoms with Gasteiger partial charge in [0.15, 0.2) is 0 Å². The number of halogens is 1. The van der Waals surface area contributed by atoms with E-state index < -0.39 is 0 Å². The van der Waals surface area contributed by atoms with Crippen molar-refractivity contribution in [2.75, 3.05) is 0 Å². The second-order valence-electron chi connectivity index (χ2n) is 5.66. The number of nitrogens with two attached hydrogens (primary N) is 1. The van der Waals surface area contributed by atoms with Crippen LogP contribution in [0, 0.1) is 5.92 Å². The van der Waals surface area contributed by atoms with Gasteiger partial charge in [-0.05, 0) is 49.8 Å². The van der Waals surface area contributed by atoms with E-state index in [1.54, 1.807) is 0 Å². The maximum Gasteiger partial charge on any atom is 0.125 e. The molecule has 98 valence electrons. The Hall–Kier alpha value is -0.730. The minimum Gasteiger partial charge on any atom is -0.487 e. The van der Waals surface area contributed by atoms with E-state index in [9.17, 15) is 0 Å². The minimum atomic E-state index is -0.0189. The summed E-state index contributed by atoms with van der Waals surface area (Å²) >= 11 is 6.04. The lowest BCUT2D eigenvalue weighted by Crippen LogP contribution is -2.45. The van der Waals surface area contributed by atoms with Crippen LogP contribution in [-0.2, 0) is 0 Å². The maximum absolute atomic E-state index is 6.37. The molecule has 1 aromatic carbocycles. The molecule has 2 N–H and O–H groups in total. The Kier molecular flexibility index (Phi) is 3.03. The zero-order chi connectivity index (χ0) is 12.8. The van der Waals surface area contributed by atoms with Gasteiger partial charge in [-0.2, -0.15) is 0 Å². The fourth-order valence-corrected chi connectivity index (χ4v) is 3.92. The van der Waals surface area contributed by atoms with Gasteiger partial charge >= 0.3 is 0 Å². The fourth-order valence-electron chi connectivity index (χ4n) is 3.74. The molecule has 1 heterocycles. The van der Waals surface area contributed by atoms with Crippen LogP contribution in [0.5, 0.6) is 5.75 Å². The molecule has 0 bridgehead atoms. The number of hydrogen-bond acceptors (Lipinski definition) is 2. The number of rotatable bonds is 1. The van der Waals surface area contributed by atoms with Crippen LogP contribution in [0.25, 0.3) is 0 Å². The lowest BCUT2D eigenvalue weighted by Gasteiger charge is -2.42. The predicted octanol–water partition coefficient (Wildman–Crippen LogP) is 4.07. The molecule has 0 aromatic heterocycles. The Morgan fingerprint density at radius 3 is 3.11 bits per heavy atom. The van der Waals surface area contributed by atoms with E-state index in [1.165, 1.54) is 19.3 Å². The second-order valence-corrected chi connectivity index (χ2v) is 6.09. The molecule has 1 fully saturated rings. The molecule has 1 aromatic rings. The van der Waals surface area contributed by atoms with Gasteiger partial charge in [-0.25, -0.2) is 0 Å². The van der Waals surface area contributed by atoms with Crippen LogP contribution in [0.4, 0.5) is 0 Å². The van der Waals surface area contributed by atoms with Crippen LogP contribution in [-0.4, -0.2) is 5.60 Å². The van der Waals surface area contributed by atoms with E-state index in [1.807, 2.05) is 18.2 Å². The van der Waals surface area contributed by atoms with Gasteiger partial charge in [-0.15, -0.1) is 0 Å². The van der Waals surface area contributed by atoms with Gasteiger partial charge in [0.25, 0.3) is 0 Å². The van der Waals surface area contributed by atoms with Crippen molar-refractivity contribution < 1.29 is 4.74 Å². The van der Waals surface area contributed by atoms with Gasteiger partial charge in [0, 0.05) is 23.0 Å². The van der Waals surface area contributed by atoms with Gasteiger partial charge in [0.05, 0.1) is 0 Å². The standard InChI is InChI=1S/C15H20ClNO/c1-2-10-4-3-7-15(10)9-13(17)12-8-11(16)5-6-14(12)18-15/h5-6,8,10,13H,2-4,7,9,17H2,1H3/t10?,13-,15?/m0/s1. The van der Waals surface area contributed by atoms with Crippen molar-refractivity contribution in [1.29, 1.82) is 0 Å². The van der Waals surface area contributed by atoms with Crippen LogP contribution in [0.1, 0.15) is 50.6 Å². The minimum absolute atomic E-state index is 0.0189. The molecule has 1 aliphatic carbocycles. The Bertz CT molecular complexity index is 462. The third-order valence-electron chi connectivity index (χ3n) is 4.64. The van der Waals surface area contributed by atoms with Crippen molar-refractivity contribution in [3.8, 4) is 5.75 Å². The smallest absolute Gasteiger partial charge is 0.125 e. The monoisotopic (exact) mass is 265 g/mol. The normalized spacial score (nSPS) is 34.4. The van der Waals surface area contributed by atoms with Gasteiger partial charge in [0.1, 0.15) is 11.4 Å². The number of hydrogen-bond donors (Lipinski definition) is 1. The SMILES string of the molecule is CCC1CCCC12C[C@H](N)c1cc(Cl)ccc1O2. The first-order valence-corrected chi connectivity index (χ1v) is 7.26. The molecule has 1 saturated carbocycles. The van der Waals surface area contributed by atoms with E-state index in [-0.39, 0.29) is 11.6 Å². The molecule has 0 radical (unpaired) electrons. The molecule has 3 rings (SSSR count). The molecule has 0 amide bonds. The van der Waals surface area contributed by atoms with Gasteiger partial charge < -0.3 is 10.5 Å². The van der Waals surface area contributed by atoms with Crippen LogP contribution in [0.15, 0.2) is 18.2 Å². The van der Waals surface area contributed by atoms with Crippen LogP contribution in [0.3, 0.4) is 0 Å². The highest BCUT2D eigenvalue weighted by Crippen LogP contribution is 2.50. The molecule has 18 heavy (non-hydrogen) atoms. The Balaban J connectivity index is 1.98. The quantitative estimate of drug-likeness (QED) is 0.831. The van der Waals surface area contributed by atoms with Gasteiger partial charge in [-0.1, -0.05) is 18.5 Å². The summed E-state index contributed by atoms with van der Waals surface area (Å²) in [7, 11) is 0. The lowest BCUT2D eigenvalue weighted by atomic mass is 9.79. The van der Waals surface area contributed by atoms with E-state index in [0.717, 1.165) is 29.2 Å². The molecule has 0 saturated heterocycles. The summed E-state index contributed by atoms with van der Waals surface area (Å²) < 4.78 is 6.37. The number of benzene rings is 1. The highest BCUT2D eigenvalue weighted by atomic mass is 35.5. The summed E-state index contributed by atoms with van der Waals surface area (Å²) in [6.07, 6.45) is 5.77. The molecule has 3 atom stereocenters. The fraction of sp³-hybridized carbons (Fsp3) is 0.600. The van der Waals surface area contributed by atoms with Crippen molar-refractivity contribution in [1.82, 2.24) is 0 Å². The summed E-state index contributed by atoms with van der Waals surface area (Å²) in [5.74, 6) is 1.59. The number of ether oxygens (including phenoxy) is 1. The summed E-state index contributed by atoms with van der Waals surface area (Å²) in [5.41, 5.74) is 7.39. The van der Waals surface area contributed by atoms with Crippen molar-refractivity contribution in [3.05, 3.63) is 28.8 Å². The summed E-state index contributed by atoms with van der Waals surface area (Å²) in [4.78, 5) is 0. The first-order chi connectivity index (χ1) is 8.64. The van der Waals surface area contributed by atoms with E-state index in [4.69, 9.17) is 22.1 Å². The highest BCUT2D eigenvalue weighted by molar-refractivity contribution is 6.30. The third kappa shape index (κ3) is 1.83. The second kappa shape index (κ2) is 4.43. The average molecular weight is 266 g/mol. The first kappa shape index (κ1) is 12.3. The van der Waals surface area contributed by atoms with Crippen LogP contribution in [0.2, 0.25) is 5.02 Å². The average Bonchev–Trinajstić information content (AvgIpc) is 2.72. The van der Waals surface area contributed by atoms with Crippen LogP contribution >= 0.6 is 11.6 Å². The topological polar surface area (TPSA) is 35.2 Å². The molecular weight excluding hydrogens is 246 g/mol. The summed E-state index contributed by atoms with van der Waals surface area (Å²) in [6.45, 7) is 2.25. The lowest BCUT2D eigenvalue weighted by molar-refractivity contribution is -0.000938. The van der Waals surface area contributed by atoms with Gasteiger partial charge in [-0.3, -0.25) is 0 Å². The van der Waals surface area contributed by atoms with Crippen molar-refractivity contribution in [2.45, 2.75) is 50.7 Å². The van der Waals surface area contributed by atoms with E-state index in [2.05, 4.69) is 6.92 Å². The maximum atomic E-state index is 6.37. The number of fused-ring (bicyclic) bond motifs is 1. The molecular formula is C15H20ClNO. The molecule has 2 unspecified atom stereocenters. The molecule has 3 heteroatoms.